The van der Waals surface area contributed by atoms with Gasteiger partial charge in [-0.3, -0.25) is 9.59 Å². The number of carbonyl (C=O) groups excluding carboxylic acids is 2. The molecule has 0 fully saturated rings. The highest BCUT2D eigenvalue weighted by Gasteiger charge is 2.14. The summed E-state index contributed by atoms with van der Waals surface area (Å²) >= 11 is 0. The van der Waals surface area contributed by atoms with Gasteiger partial charge in [-0.2, -0.15) is 0 Å². The van der Waals surface area contributed by atoms with Gasteiger partial charge in [0.2, 0.25) is 0 Å². The Morgan fingerprint density at radius 2 is 1.76 bits per heavy atom. The number of para-hydroxylation sites is 1. The van der Waals surface area contributed by atoms with Gasteiger partial charge in [0.15, 0.2) is 0 Å². The van der Waals surface area contributed by atoms with Crippen molar-refractivity contribution in [2.75, 3.05) is 25.6 Å². The smallest absolute Gasteiger partial charge is 0.255 e. The molecule has 2 amide bonds. The molecule has 0 unspecified atom stereocenters. The zero-order chi connectivity index (χ0) is 18.2. The van der Waals surface area contributed by atoms with Crippen LogP contribution in [0, 0.1) is 13.8 Å². The molecule has 0 heterocycles. The first-order valence-electron chi connectivity index (χ1n) is 8.27. The second-order valence-electron chi connectivity index (χ2n) is 5.90. The van der Waals surface area contributed by atoms with Crippen molar-refractivity contribution in [3.8, 4) is 0 Å². The SMILES string of the molecule is COCCCNC(=O)c1ccccc1NC(=O)c1ccc(C)c(C)c1. The van der Waals surface area contributed by atoms with E-state index < -0.39 is 0 Å². The summed E-state index contributed by atoms with van der Waals surface area (Å²) in [5.41, 5.74) is 3.69. The number of hydrogen-bond acceptors (Lipinski definition) is 3. The van der Waals surface area contributed by atoms with Crippen LogP contribution in [-0.2, 0) is 4.74 Å². The molecule has 2 N–H and O–H groups in total. The van der Waals surface area contributed by atoms with Gasteiger partial charge in [-0.25, -0.2) is 0 Å². The van der Waals surface area contributed by atoms with Gasteiger partial charge in [0.25, 0.3) is 11.8 Å². The normalized spacial score (nSPS) is 10.4. The van der Waals surface area contributed by atoms with Crippen LogP contribution in [0.1, 0.15) is 38.3 Å². The molecule has 0 aliphatic carbocycles. The molecule has 0 saturated heterocycles. The topological polar surface area (TPSA) is 67.4 Å². The van der Waals surface area contributed by atoms with Crippen molar-refractivity contribution in [2.45, 2.75) is 20.3 Å². The van der Waals surface area contributed by atoms with Crippen LogP contribution < -0.4 is 10.6 Å². The molecule has 0 aliphatic heterocycles. The van der Waals surface area contributed by atoms with Crippen molar-refractivity contribution in [3.05, 3.63) is 64.7 Å². The molecule has 132 valence electrons. The summed E-state index contributed by atoms with van der Waals surface area (Å²) in [6.07, 6.45) is 0.736. The number of nitrogens with one attached hydrogen (secondary N) is 2. The van der Waals surface area contributed by atoms with E-state index >= 15 is 0 Å². The van der Waals surface area contributed by atoms with Crippen LogP contribution in [-0.4, -0.2) is 32.1 Å². The lowest BCUT2D eigenvalue weighted by Crippen LogP contribution is -2.26. The zero-order valence-corrected chi connectivity index (χ0v) is 14.9. The van der Waals surface area contributed by atoms with Gasteiger partial charge in [-0.05, 0) is 55.7 Å². The minimum absolute atomic E-state index is 0.216. The lowest BCUT2D eigenvalue weighted by molar-refractivity contribution is 0.0949. The van der Waals surface area contributed by atoms with Gasteiger partial charge in [-0.15, -0.1) is 0 Å². The van der Waals surface area contributed by atoms with E-state index in [2.05, 4.69) is 10.6 Å². The molecular weight excluding hydrogens is 316 g/mol. The predicted octanol–water partition coefficient (Wildman–Crippen LogP) is 3.32. The van der Waals surface area contributed by atoms with Crippen LogP contribution in [0.5, 0.6) is 0 Å². The van der Waals surface area contributed by atoms with Crippen molar-refractivity contribution in [2.24, 2.45) is 0 Å². The molecule has 5 heteroatoms. The lowest BCUT2D eigenvalue weighted by atomic mass is 10.1. The summed E-state index contributed by atoms with van der Waals surface area (Å²) in [7, 11) is 1.62. The summed E-state index contributed by atoms with van der Waals surface area (Å²) in [5.74, 6) is -0.449. The van der Waals surface area contributed by atoms with E-state index in [-0.39, 0.29) is 11.8 Å². The molecule has 25 heavy (non-hydrogen) atoms. The Morgan fingerprint density at radius 1 is 1.00 bits per heavy atom. The first kappa shape index (κ1) is 18.7. The van der Waals surface area contributed by atoms with Gasteiger partial charge in [0.05, 0.1) is 11.3 Å². The third-order valence-electron chi connectivity index (χ3n) is 4.00. The first-order valence-corrected chi connectivity index (χ1v) is 8.27. The summed E-state index contributed by atoms with van der Waals surface area (Å²) in [5, 5.41) is 5.67. The fourth-order valence-electron chi connectivity index (χ4n) is 2.38. The highest BCUT2D eigenvalue weighted by Crippen LogP contribution is 2.17. The Balaban J connectivity index is 2.10. The van der Waals surface area contributed by atoms with Crippen molar-refractivity contribution < 1.29 is 14.3 Å². The Bertz CT molecular complexity index is 756. The zero-order valence-electron chi connectivity index (χ0n) is 14.9. The molecule has 0 spiro atoms. The van der Waals surface area contributed by atoms with Gasteiger partial charge < -0.3 is 15.4 Å². The van der Waals surface area contributed by atoms with E-state index in [1.807, 2.05) is 26.0 Å². The van der Waals surface area contributed by atoms with Crippen molar-refractivity contribution in [1.29, 1.82) is 0 Å². The standard InChI is InChI=1S/C20H24N2O3/c1-14-9-10-16(13-15(14)2)19(23)22-18-8-5-4-7-17(18)20(24)21-11-6-12-25-3/h4-5,7-10,13H,6,11-12H2,1-3H3,(H,21,24)(H,22,23). The fourth-order valence-corrected chi connectivity index (χ4v) is 2.38. The Labute approximate surface area is 148 Å². The predicted molar refractivity (Wildman–Crippen MR) is 99.1 cm³/mol. The van der Waals surface area contributed by atoms with E-state index in [1.165, 1.54) is 0 Å². The number of carbonyl (C=O) groups is 2. The quantitative estimate of drug-likeness (QED) is 0.760. The van der Waals surface area contributed by atoms with Crippen molar-refractivity contribution in [3.63, 3.8) is 0 Å². The number of hydrogen-bond donors (Lipinski definition) is 2. The molecule has 5 nitrogen and oxygen atoms in total. The molecule has 0 aromatic heterocycles. The maximum atomic E-state index is 12.5. The van der Waals surface area contributed by atoms with Crippen LogP contribution in [0.25, 0.3) is 0 Å². The molecule has 2 aromatic carbocycles. The van der Waals surface area contributed by atoms with E-state index in [1.54, 1.807) is 37.4 Å². The fraction of sp³-hybridized carbons (Fsp3) is 0.300. The highest BCUT2D eigenvalue weighted by molar-refractivity contribution is 6.09. The summed E-state index contributed by atoms with van der Waals surface area (Å²) < 4.78 is 4.96. The lowest BCUT2D eigenvalue weighted by Gasteiger charge is -2.12. The second kappa shape index (κ2) is 8.99. The monoisotopic (exact) mass is 340 g/mol. The summed E-state index contributed by atoms with van der Waals surface area (Å²) in [4.78, 5) is 24.8. The van der Waals surface area contributed by atoms with Gasteiger partial charge >= 0.3 is 0 Å². The van der Waals surface area contributed by atoms with Crippen LogP contribution in [0.15, 0.2) is 42.5 Å². The third kappa shape index (κ3) is 5.16. The Kier molecular flexibility index (Phi) is 6.71. The minimum Gasteiger partial charge on any atom is -0.385 e. The van der Waals surface area contributed by atoms with E-state index in [4.69, 9.17) is 4.74 Å². The number of anilines is 1. The van der Waals surface area contributed by atoms with Gasteiger partial charge in [0.1, 0.15) is 0 Å². The molecule has 2 aromatic rings. The number of benzene rings is 2. The summed E-state index contributed by atoms with van der Waals surface area (Å²) in [6.45, 7) is 5.07. The molecule has 0 radical (unpaired) electrons. The highest BCUT2D eigenvalue weighted by atomic mass is 16.5. The van der Waals surface area contributed by atoms with E-state index in [0.29, 0.717) is 30.0 Å². The first-order chi connectivity index (χ1) is 12.0. The molecule has 0 bridgehead atoms. The van der Waals surface area contributed by atoms with E-state index in [0.717, 1.165) is 17.5 Å². The Morgan fingerprint density at radius 3 is 2.48 bits per heavy atom. The second-order valence-corrected chi connectivity index (χ2v) is 5.90. The third-order valence-corrected chi connectivity index (χ3v) is 4.00. The molecule has 0 saturated carbocycles. The molecule has 2 rings (SSSR count). The van der Waals surface area contributed by atoms with Gasteiger partial charge in [-0.1, -0.05) is 18.2 Å². The number of amides is 2. The van der Waals surface area contributed by atoms with Crippen LogP contribution in [0.3, 0.4) is 0 Å². The summed E-state index contributed by atoms with van der Waals surface area (Å²) in [6, 6.07) is 12.5. The molecular formula is C20H24N2O3. The minimum atomic E-state index is -0.234. The number of methoxy groups -OCH3 is 1. The average molecular weight is 340 g/mol. The number of rotatable bonds is 7. The van der Waals surface area contributed by atoms with Crippen LogP contribution in [0.4, 0.5) is 5.69 Å². The molecule has 0 atom stereocenters. The number of aryl methyl sites for hydroxylation is 2. The average Bonchev–Trinajstić information content (AvgIpc) is 2.61. The number of ether oxygens (including phenoxy) is 1. The molecule has 0 aliphatic rings. The Hall–Kier alpha value is -2.66. The maximum Gasteiger partial charge on any atom is 0.255 e. The van der Waals surface area contributed by atoms with Crippen molar-refractivity contribution in [1.82, 2.24) is 5.32 Å². The largest absolute Gasteiger partial charge is 0.385 e. The van der Waals surface area contributed by atoms with Crippen molar-refractivity contribution >= 4 is 17.5 Å². The van der Waals surface area contributed by atoms with Crippen LogP contribution in [0.2, 0.25) is 0 Å². The maximum absolute atomic E-state index is 12.5. The van der Waals surface area contributed by atoms with Crippen LogP contribution >= 0.6 is 0 Å². The van der Waals surface area contributed by atoms with E-state index in [9.17, 15) is 9.59 Å². The van der Waals surface area contributed by atoms with Gasteiger partial charge in [0, 0.05) is 25.8 Å².